The fraction of sp³-hybridized carbons (Fsp3) is 0.652. The molecule has 0 spiro atoms. The van der Waals surface area contributed by atoms with Crippen molar-refractivity contribution in [3.05, 3.63) is 35.4 Å². The van der Waals surface area contributed by atoms with Crippen LogP contribution in [0.5, 0.6) is 0 Å². The van der Waals surface area contributed by atoms with Crippen LogP contribution >= 0.6 is 24.0 Å². The Morgan fingerprint density at radius 2 is 1.87 bits per heavy atom. The third kappa shape index (κ3) is 7.91. The number of ether oxygens (including phenoxy) is 1. The van der Waals surface area contributed by atoms with Gasteiger partial charge >= 0.3 is 0 Å². The minimum atomic E-state index is -0.00180. The molecule has 7 nitrogen and oxygen atoms in total. The second kappa shape index (κ2) is 13.9. The van der Waals surface area contributed by atoms with Crippen LogP contribution in [-0.4, -0.2) is 80.2 Å². The lowest BCUT2D eigenvalue weighted by atomic mass is 10.1. The van der Waals surface area contributed by atoms with Crippen LogP contribution in [0.25, 0.3) is 0 Å². The number of morpholine rings is 1. The molecule has 1 aromatic carbocycles. The summed E-state index contributed by atoms with van der Waals surface area (Å²) < 4.78 is 5.49. The highest BCUT2D eigenvalue weighted by Gasteiger charge is 2.30. The monoisotopic (exact) mass is 543 g/mol. The molecule has 0 aliphatic carbocycles. The number of hydrogen-bond donors (Lipinski definition) is 2. The second-order valence-electron chi connectivity index (χ2n) is 8.01. The zero-order valence-corrected chi connectivity index (χ0v) is 21.3. The fourth-order valence-electron chi connectivity index (χ4n) is 4.01. The molecule has 31 heavy (non-hydrogen) atoms. The lowest BCUT2D eigenvalue weighted by molar-refractivity contribution is 0.0195. The molecule has 2 heterocycles. The highest BCUT2D eigenvalue weighted by molar-refractivity contribution is 14.0. The molecule has 0 aromatic heterocycles. The molecule has 2 saturated heterocycles. The predicted octanol–water partition coefficient (Wildman–Crippen LogP) is 2.71. The number of amides is 1. The molecule has 1 aromatic rings. The van der Waals surface area contributed by atoms with Gasteiger partial charge in [-0.05, 0) is 37.5 Å². The van der Waals surface area contributed by atoms with Gasteiger partial charge < -0.3 is 20.3 Å². The predicted molar refractivity (Wildman–Crippen MR) is 136 cm³/mol. The van der Waals surface area contributed by atoms with E-state index in [1.165, 1.54) is 6.42 Å². The fourth-order valence-corrected chi connectivity index (χ4v) is 4.01. The van der Waals surface area contributed by atoms with E-state index in [1.807, 2.05) is 24.3 Å². The molecule has 174 valence electrons. The van der Waals surface area contributed by atoms with Gasteiger partial charge in [0.2, 0.25) is 0 Å². The summed E-state index contributed by atoms with van der Waals surface area (Å²) in [4.78, 5) is 21.9. The van der Waals surface area contributed by atoms with Crippen molar-refractivity contribution in [1.82, 2.24) is 20.4 Å². The minimum Gasteiger partial charge on any atom is -0.379 e. The highest BCUT2D eigenvalue weighted by Crippen LogP contribution is 2.17. The summed E-state index contributed by atoms with van der Waals surface area (Å²) in [6, 6.07) is 8.38. The van der Waals surface area contributed by atoms with Gasteiger partial charge in [-0.1, -0.05) is 25.5 Å². The number of likely N-dealkylation sites (tertiary alicyclic amines) is 1. The molecule has 0 radical (unpaired) electrons. The lowest BCUT2D eigenvalue weighted by Crippen LogP contribution is -2.46. The molecule has 1 unspecified atom stereocenters. The van der Waals surface area contributed by atoms with Gasteiger partial charge in [0.05, 0.1) is 19.8 Å². The van der Waals surface area contributed by atoms with Crippen molar-refractivity contribution < 1.29 is 9.53 Å². The van der Waals surface area contributed by atoms with Crippen LogP contribution < -0.4 is 10.6 Å². The van der Waals surface area contributed by atoms with Crippen molar-refractivity contribution in [1.29, 1.82) is 0 Å². The Labute approximate surface area is 204 Å². The van der Waals surface area contributed by atoms with Crippen molar-refractivity contribution in [2.75, 3.05) is 52.5 Å². The topological polar surface area (TPSA) is 69.2 Å². The van der Waals surface area contributed by atoms with Crippen molar-refractivity contribution >= 4 is 35.8 Å². The summed E-state index contributed by atoms with van der Waals surface area (Å²) in [6.45, 7) is 12.2. The number of halogens is 1. The van der Waals surface area contributed by atoms with Gasteiger partial charge in [-0.2, -0.15) is 0 Å². The first kappa shape index (κ1) is 25.9. The molecule has 2 aliphatic heterocycles. The molecule has 2 N–H and O–H groups in total. The maximum Gasteiger partial charge on any atom is 0.251 e. The van der Waals surface area contributed by atoms with E-state index in [4.69, 9.17) is 9.73 Å². The van der Waals surface area contributed by atoms with Gasteiger partial charge in [-0.3, -0.25) is 9.69 Å². The number of aliphatic imine (C=N–C) groups is 1. The average Bonchev–Trinajstić information content (AvgIpc) is 3.28. The van der Waals surface area contributed by atoms with Gasteiger partial charge in [-0.15, -0.1) is 24.0 Å². The molecule has 0 saturated carbocycles. The van der Waals surface area contributed by atoms with Gasteiger partial charge in [-0.25, -0.2) is 4.99 Å². The first-order valence-corrected chi connectivity index (χ1v) is 11.4. The Hall–Kier alpha value is -1.39. The first-order valence-electron chi connectivity index (χ1n) is 11.4. The van der Waals surface area contributed by atoms with E-state index in [-0.39, 0.29) is 29.9 Å². The van der Waals surface area contributed by atoms with Gasteiger partial charge in [0.25, 0.3) is 5.91 Å². The Morgan fingerprint density at radius 1 is 1.13 bits per heavy atom. The van der Waals surface area contributed by atoms with Crippen molar-refractivity contribution in [2.45, 2.75) is 45.7 Å². The molecular formula is C23H38IN5O2. The summed E-state index contributed by atoms with van der Waals surface area (Å²) >= 11 is 0. The van der Waals surface area contributed by atoms with Crippen molar-refractivity contribution in [3.8, 4) is 0 Å². The van der Waals surface area contributed by atoms with E-state index in [1.54, 1.807) is 0 Å². The first-order chi connectivity index (χ1) is 14.7. The number of carbonyl (C=O) groups is 1. The van der Waals surface area contributed by atoms with Crippen molar-refractivity contribution in [2.24, 2.45) is 4.99 Å². The summed E-state index contributed by atoms with van der Waals surface area (Å²) in [5.74, 6) is 0.979. The van der Waals surface area contributed by atoms with Gasteiger partial charge in [0.1, 0.15) is 0 Å². The van der Waals surface area contributed by atoms with Crippen LogP contribution in [-0.2, 0) is 11.3 Å². The minimum absolute atomic E-state index is 0. The number of carbonyl (C=O) groups excluding carboxylic acids is 1. The molecular weight excluding hydrogens is 505 g/mol. The number of unbranched alkanes of at least 4 members (excludes halogenated alkanes) is 1. The zero-order valence-electron chi connectivity index (χ0n) is 18.9. The second-order valence-corrected chi connectivity index (χ2v) is 8.01. The summed E-state index contributed by atoms with van der Waals surface area (Å²) in [5.41, 5.74) is 1.82. The highest BCUT2D eigenvalue weighted by atomic mass is 127. The van der Waals surface area contributed by atoms with Crippen molar-refractivity contribution in [3.63, 3.8) is 0 Å². The standard InChI is InChI=1S/C23H37N5O2.HI/c1-3-5-11-25-22(29)20-8-6-19(7-9-20)17-26-23(24-4-2)28-12-10-21(18-28)27-13-15-30-16-14-27;/h6-9,21H,3-5,10-18H2,1-2H3,(H,24,26)(H,25,29);1H. The number of nitrogens with one attached hydrogen (secondary N) is 2. The van der Waals surface area contributed by atoms with E-state index in [0.717, 1.165) is 76.8 Å². The average molecular weight is 543 g/mol. The summed E-state index contributed by atoms with van der Waals surface area (Å²) in [5, 5.41) is 6.40. The summed E-state index contributed by atoms with van der Waals surface area (Å²) in [6.07, 6.45) is 3.26. The number of nitrogens with zero attached hydrogens (tertiary/aromatic N) is 3. The number of hydrogen-bond acceptors (Lipinski definition) is 4. The molecule has 0 bridgehead atoms. The third-order valence-electron chi connectivity index (χ3n) is 5.80. The Kier molecular flexibility index (Phi) is 11.6. The molecule has 1 amide bonds. The number of benzene rings is 1. The molecule has 2 fully saturated rings. The SMILES string of the molecule is CCCCNC(=O)c1ccc(CN=C(NCC)N2CCC(N3CCOCC3)C2)cc1.I. The van der Waals surface area contributed by atoms with E-state index in [0.29, 0.717) is 18.2 Å². The van der Waals surface area contributed by atoms with Crippen LogP contribution in [0, 0.1) is 0 Å². The molecule has 8 heteroatoms. The van der Waals surface area contributed by atoms with E-state index in [9.17, 15) is 4.79 Å². The lowest BCUT2D eigenvalue weighted by Gasteiger charge is -2.32. The Bertz CT molecular complexity index is 692. The smallest absolute Gasteiger partial charge is 0.251 e. The van der Waals surface area contributed by atoms with Crippen LogP contribution in [0.4, 0.5) is 0 Å². The maximum absolute atomic E-state index is 12.2. The molecule has 1 atom stereocenters. The zero-order chi connectivity index (χ0) is 21.2. The Morgan fingerprint density at radius 3 is 2.55 bits per heavy atom. The van der Waals surface area contributed by atoms with E-state index < -0.39 is 0 Å². The molecule has 2 aliphatic rings. The van der Waals surface area contributed by atoms with Crippen LogP contribution in [0.2, 0.25) is 0 Å². The van der Waals surface area contributed by atoms with E-state index in [2.05, 4.69) is 34.3 Å². The normalized spacial score (nSPS) is 19.7. The van der Waals surface area contributed by atoms with Crippen LogP contribution in [0.15, 0.2) is 29.3 Å². The summed E-state index contributed by atoms with van der Waals surface area (Å²) in [7, 11) is 0. The Balaban J connectivity index is 0.00000341. The van der Waals surface area contributed by atoms with Crippen LogP contribution in [0.3, 0.4) is 0 Å². The van der Waals surface area contributed by atoms with Gasteiger partial charge in [0.15, 0.2) is 5.96 Å². The maximum atomic E-state index is 12.2. The number of guanidine groups is 1. The van der Waals surface area contributed by atoms with Gasteiger partial charge in [0, 0.05) is 50.9 Å². The van der Waals surface area contributed by atoms with Crippen LogP contribution in [0.1, 0.15) is 49.0 Å². The molecule has 3 rings (SSSR count). The largest absolute Gasteiger partial charge is 0.379 e. The quantitative estimate of drug-likeness (QED) is 0.229. The van der Waals surface area contributed by atoms with E-state index >= 15 is 0 Å². The number of rotatable bonds is 8. The third-order valence-corrected chi connectivity index (χ3v) is 5.80.